The van der Waals surface area contributed by atoms with E-state index in [9.17, 15) is 14.7 Å². The number of rotatable bonds is 12. The number of thiophene rings is 1. The third-order valence-electron chi connectivity index (χ3n) is 6.34. The van der Waals surface area contributed by atoms with Gasteiger partial charge < -0.3 is 20.9 Å². The molecule has 10 heteroatoms. The number of aryl methyl sites for hydroxylation is 1. The molecule has 4 N–H and O–H groups in total. The number of nitrogens with two attached hydrogens (primary N) is 1. The molecule has 0 radical (unpaired) electrons. The van der Waals surface area contributed by atoms with E-state index >= 15 is 0 Å². The molecule has 0 spiro atoms. The van der Waals surface area contributed by atoms with Gasteiger partial charge in [0, 0.05) is 16.7 Å². The number of aromatic nitrogens is 2. The average Bonchev–Trinajstić information content (AvgIpc) is 3.47. The number of primary amides is 1. The van der Waals surface area contributed by atoms with Gasteiger partial charge in [-0.25, -0.2) is 4.98 Å². The van der Waals surface area contributed by atoms with Crippen LogP contribution in [-0.4, -0.2) is 39.1 Å². The lowest BCUT2D eigenvalue weighted by molar-refractivity contribution is -0.140. The SMILES string of the molecule is CC(Oc1cc(-n2cnc3ccc(CCCNC(C(=O)O)C(C)C)cc32)sc1C(N)=O)c1ccccc1Cl. The summed E-state index contributed by atoms with van der Waals surface area (Å²) in [4.78, 5) is 28.5. The van der Waals surface area contributed by atoms with E-state index in [1.54, 1.807) is 18.5 Å². The molecule has 2 aromatic heterocycles. The fourth-order valence-corrected chi connectivity index (χ4v) is 5.56. The smallest absolute Gasteiger partial charge is 0.320 e. The predicted molar refractivity (Wildman–Crippen MR) is 151 cm³/mol. The van der Waals surface area contributed by atoms with Crippen molar-refractivity contribution >= 4 is 45.8 Å². The largest absolute Gasteiger partial charge is 0.484 e. The van der Waals surface area contributed by atoms with Gasteiger partial charge in [0.1, 0.15) is 34.1 Å². The Bertz CT molecular complexity index is 1450. The number of hydrogen-bond donors (Lipinski definition) is 3. The van der Waals surface area contributed by atoms with Crippen LogP contribution >= 0.6 is 22.9 Å². The summed E-state index contributed by atoms with van der Waals surface area (Å²) in [6.45, 7) is 6.26. The average molecular weight is 555 g/mol. The zero-order chi connectivity index (χ0) is 27.4. The molecule has 2 heterocycles. The van der Waals surface area contributed by atoms with Gasteiger partial charge in [-0.2, -0.15) is 0 Å². The predicted octanol–water partition coefficient (Wildman–Crippen LogP) is 5.61. The quantitative estimate of drug-likeness (QED) is 0.196. The fraction of sp³-hybridized carbons (Fsp3) is 0.321. The van der Waals surface area contributed by atoms with E-state index < -0.39 is 17.9 Å². The van der Waals surface area contributed by atoms with Crippen molar-refractivity contribution in [1.29, 1.82) is 0 Å². The summed E-state index contributed by atoms with van der Waals surface area (Å²) in [5.41, 5.74) is 9.31. The monoisotopic (exact) mass is 554 g/mol. The molecule has 4 aromatic rings. The van der Waals surface area contributed by atoms with Crippen LogP contribution in [0.4, 0.5) is 0 Å². The highest BCUT2D eigenvalue weighted by atomic mass is 35.5. The van der Waals surface area contributed by atoms with Crippen molar-refractivity contribution in [2.75, 3.05) is 6.54 Å². The van der Waals surface area contributed by atoms with E-state index in [0.29, 0.717) is 22.2 Å². The molecule has 2 unspecified atom stereocenters. The van der Waals surface area contributed by atoms with Crippen LogP contribution in [0.25, 0.3) is 16.0 Å². The second-order valence-electron chi connectivity index (χ2n) is 9.48. The van der Waals surface area contributed by atoms with E-state index in [4.69, 9.17) is 22.1 Å². The highest BCUT2D eigenvalue weighted by molar-refractivity contribution is 7.16. The number of halogens is 1. The maximum atomic E-state index is 12.2. The van der Waals surface area contributed by atoms with Crippen LogP contribution in [0, 0.1) is 5.92 Å². The number of ether oxygens (including phenoxy) is 1. The summed E-state index contributed by atoms with van der Waals surface area (Å²) in [6, 6.07) is 14.7. The molecule has 0 aliphatic heterocycles. The lowest BCUT2D eigenvalue weighted by Gasteiger charge is -2.17. The number of benzene rings is 2. The number of carbonyl (C=O) groups excluding carboxylic acids is 1. The lowest BCUT2D eigenvalue weighted by Crippen LogP contribution is -2.41. The molecule has 8 nitrogen and oxygen atoms in total. The van der Waals surface area contributed by atoms with Gasteiger partial charge in [0.05, 0.1) is 11.0 Å². The van der Waals surface area contributed by atoms with Crippen LogP contribution in [-0.2, 0) is 11.2 Å². The topological polar surface area (TPSA) is 119 Å². The molecule has 0 saturated heterocycles. The summed E-state index contributed by atoms with van der Waals surface area (Å²) in [5, 5.41) is 13.8. The molecular formula is C28H31ClN4O4S. The Hall–Kier alpha value is -3.40. The highest BCUT2D eigenvalue weighted by Gasteiger charge is 2.22. The van der Waals surface area contributed by atoms with Crippen molar-refractivity contribution in [1.82, 2.24) is 14.9 Å². The van der Waals surface area contributed by atoms with Crippen LogP contribution in [0.5, 0.6) is 5.75 Å². The summed E-state index contributed by atoms with van der Waals surface area (Å²) in [5.74, 6) is -0.995. The fourth-order valence-electron chi connectivity index (χ4n) is 4.34. The number of hydrogen-bond acceptors (Lipinski definition) is 6. The number of nitrogens with one attached hydrogen (secondary N) is 1. The van der Waals surface area contributed by atoms with Crippen molar-refractivity contribution in [2.45, 2.75) is 45.8 Å². The first-order valence-corrected chi connectivity index (χ1v) is 13.6. The molecule has 1 amide bonds. The number of carboxylic acids is 1. The van der Waals surface area contributed by atoms with Crippen molar-refractivity contribution in [2.24, 2.45) is 11.7 Å². The third-order valence-corrected chi connectivity index (χ3v) is 7.82. The number of fused-ring (bicyclic) bond motifs is 1. The van der Waals surface area contributed by atoms with Gasteiger partial charge in [0.25, 0.3) is 5.91 Å². The first-order chi connectivity index (χ1) is 18.2. The molecule has 2 atom stereocenters. The van der Waals surface area contributed by atoms with Gasteiger partial charge in [-0.15, -0.1) is 11.3 Å². The summed E-state index contributed by atoms with van der Waals surface area (Å²) in [6.07, 6.45) is 2.90. The first kappa shape index (κ1) is 27.6. The minimum atomic E-state index is -0.832. The van der Waals surface area contributed by atoms with Crippen LogP contribution in [0.1, 0.15) is 54.1 Å². The number of aliphatic carboxylic acids is 1. The van der Waals surface area contributed by atoms with Crippen LogP contribution in [0.3, 0.4) is 0 Å². The molecular weight excluding hydrogens is 524 g/mol. The molecule has 38 heavy (non-hydrogen) atoms. The van der Waals surface area contributed by atoms with Crippen molar-refractivity contribution in [3.8, 4) is 10.8 Å². The molecule has 0 bridgehead atoms. The Balaban J connectivity index is 1.54. The molecule has 0 aliphatic rings. The first-order valence-electron chi connectivity index (χ1n) is 12.4. The van der Waals surface area contributed by atoms with Gasteiger partial charge in [0.2, 0.25) is 0 Å². The van der Waals surface area contributed by atoms with Gasteiger partial charge >= 0.3 is 5.97 Å². The van der Waals surface area contributed by atoms with E-state index in [-0.39, 0.29) is 12.0 Å². The van der Waals surface area contributed by atoms with Gasteiger partial charge in [0.15, 0.2) is 0 Å². The number of nitrogens with zero attached hydrogens (tertiary/aromatic N) is 2. The second-order valence-corrected chi connectivity index (χ2v) is 10.9. The molecule has 2 aromatic carbocycles. The Morgan fingerprint density at radius 3 is 2.63 bits per heavy atom. The van der Waals surface area contributed by atoms with Crippen molar-refractivity contribution in [3.05, 3.63) is 75.9 Å². The molecule has 0 saturated carbocycles. The zero-order valence-electron chi connectivity index (χ0n) is 21.5. The molecule has 4 rings (SSSR count). The Morgan fingerprint density at radius 1 is 1.18 bits per heavy atom. The van der Waals surface area contributed by atoms with E-state index in [2.05, 4.69) is 16.4 Å². The normalized spacial score (nSPS) is 13.1. The van der Waals surface area contributed by atoms with Crippen LogP contribution in [0.2, 0.25) is 5.02 Å². The number of amides is 1. The maximum absolute atomic E-state index is 12.2. The number of carboxylic acid groups (broad SMARTS) is 1. The molecule has 0 fully saturated rings. The van der Waals surface area contributed by atoms with E-state index in [1.807, 2.05) is 55.7 Å². The third kappa shape index (κ3) is 6.18. The van der Waals surface area contributed by atoms with E-state index in [0.717, 1.165) is 40.0 Å². The van der Waals surface area contributed by atoms with E-state index in [1.165, 1.54) is 11.3 Å². The molecule has 200 valence electrons. The zero-order valence-corrected chi connectivity index (χ0v) is 23.1. The second kappa shape index (κ2) is 12.0. The Kier molecular flexibility index (Phi) is 8.71. The maximum Gasteiger partial charge on any atom is 0.320 e. The minimum absolute atomic E-state index is 0.0100. The van der Waals surface area contributed by atoms with Gasteiger partial charge in [-0.05, 0) is 56.0 Å². The Labute approximate surface area is 230 Å². The van der Waals surface area contributed by atoms with Crippen molar-refractivity contribution < 1.29 is 19.4 Å². The highest BCUT2D eigenvalue weighted by Crippen LogP contribution is 2.37. The van der Waals surface area contributed by atoms with Gasteiger partial charge in [-0.3, -0.25) is 14.2 Å². The van der Waals surface area contributed by atoms with Crippen LogP contribution < -0.4 is 15.8 Å². The Morgan fingerprint density at radius 2 is 1.95 bits per heavy atom. The lowest BCUT2D eigenvalue weighted by atomic mass is 10.0. The standard InChI is InChI=1S/C28H31ClN4O4S/c1-16(2)25(28(35)36)31-12-6-7-18-10-11-21-22(13-18)33(15-32-21)24-14-23(26(38-24)27(30)34)37-17(3)19-8-4-5-9-20(19)29/h4-5,8-11,13-17,25,31H,6-7,12H2,1-3H3,(H2,30,34)(H,35,36). The minimum Gasteiger partial charge on any atom is -0.484 e. The van der Waals surface area contributed by atoms with Crippen LogP contribution in [0.15, 0.2) is 54.9 Å². The van der Waals surface area contributed by atoms with Gasteiger partial charge in [-0.1, -0.05) is 49.7 Å². The number of carbonyl (C=O) groups is 2. The van der Waals surface area contributed by atoms with Crippen molar-refractivity contribution in [3.63, 3.8) is 0 Å². The summed E-state index contributed by atoms with van der Waals surface area (Å²) in [7, 11) is 0. The summed E-state index contributed by atoms with van der Waals surface area (Å²) >= 11 is 7.57. The molecule has 0 aliphatic carbocycles. The number of imidazole rings is 1. The summed E-state index contributed by atoms with van der Waals surface area (Å²) < 4.78 is 8.07.